The highest BCUT2D eigenvalue weighted by molar-refractivity contribution is 9.10. The van der Waals surface area contributed by atoms with Crippen molar-refractivity contribution in [3.63, 3.8) is 0 Å². The topological polar surface area (TPSA) is 21.1 Å². The molecule has 0 saturated heterocycles. The van der Waals surface area contributed by atoms with Gasteiger partial charge >= 0.3 is 0 Å². The number of aryl methyl sites for hydroxylation is 1. The fourth-order valence-electron chi connectivity index (χ4n) is 1.61. The monoisotopic (exact) mass is 279 g/mol. The lowest BCUT2D eigenvalue weighted by Gasteiger charge is -2.18. The summed E-state index contributed by atoms with van der Waals surface area (Å²) in [5, 5.41) is 4.16. The van der Waals surface area contributed by atoms with Crippen LogP contribution in [-0.2, 0) is 13.6 Å². The highest BCUT2D eigenvalue weighted by Crippen LogP contribution is 2.18. The van der Waals surface area contributed by atoms with Crippen molar-refractivity contribution in [2.75, 3.05) is 11.9 Å². The van der Waals surface area contributed by atoms with Crippen LogP contribution in [0.1, 0.15) is 5.56 Å². The molecule has 3 nitrogen and oxygen atoms in total. The van der Waals surface area contributed by atoms with Gasteiger partial charge in [0, 0.05) is 42.6 Å². The van der Waals surface area contributed by atoms with Crippen LogP contribution in [0.3, 0.4) is 0 Å². The molecule has 0 aliphatic rings. The molecule has 0 bridgehead atoms. The van der Waals surface area contributed by atoms with E-state index in [4.69, 9.17) is 0 Å². The molecule has 1 aromatic heterocycles. The quantitative estimate of drug-likeness (QED) is 0.862. The average Bonchev–Trinajstić information content (AvgIpc) is 2.65. The Morgan fingerprint density at radius 1 is 1.31 bits per heavy atom. The summed E-state index contributed by atoms with van der Waals surface area (Å²) in [7, 11) is 4.01. The second-order valence-corrected chi connectivity index (χ2v) is 4.77. The van der Waals surface area contributed by atoms with Gasteiger partial charge in [0.25, 0.3) is 0 Å². The van der Waals surface area contributed by atoms with E-state index in [9.17, 15) is 0 Å². The van der Waals surface area contributed by atoms with Gasteiger partial charge in [0.2, 0.25) is 0 Å². The number of anilines is 1. The van der Waals surface area contributed by atoms with Gasteiger partial charge in [0.1, 0.15) is 0 Å². The molecule has 0 radical (unpaired) electrons. The van der Waals surface area contributed by atoms with Gasteiger partial charge in [-0.1, -0.05) is 15.9 Å². The predicted molar refractivity (Wildman–Crippen MR) is 69.5 cm³/mol. The summed E-state index contributed by atoms with van der Waals surface area (Å²) >= 11 is 3.43. The molecule has 2 aromatic rings. The molecular weight excluding hydrogens is 266 g/mol. The van der Waals surface area contributed by atoms with E-state index < -0.39 is 0 Å². The third-order valence-electron chi connectivity index (χ3n) is 2.45. The van der Waals surface area contributed by atoms with Crippen LogP contribution >= 0.6 is 15.9 Å². The Bertz CT molecular complexity index is 461. The van der Waals surface area contributed by atoms with E-state index in [1.165, 1.54) is 11.3 Å². The van der Waals surface area contributed by atoms with E-state index in [-0.39, 0.29) is 0 Å². The number of halogens is 1. The molecule has 4 heteroatoms. The van der Waals surface area contributed by atoms with Crippen molar-refractivity contribution in [3.05, 3.63) is 46.7 Å². The van der Waals surface area contributed by atoms with E-state index in [0.29, 0.717) is 0 Å². The number of benzene rings is 1. The third-order valence-corrected chi connectivity index (χ3v) is 2.97. The minimum atomic E-state index is 0.871. The molecule has 1 aromatic carbocycles. The van der Waals surface area contributed by atoms with Crippen LogP contribution in [0.5, 0.6) is 0 Å². The minimum Gasteiger partial charge on any atom is -0.370 e. The molecular formula is C12H14BrN3. The first-order valence-corrected chi connectivity index (χ1v) is 5.88. The zero-order valence-electron chi connectivity index (χ0n) is 9.39. The number of hydrogen-bond donors (Lipinski definition) is 0. The summed E-state index contributed by atoms with van der Waals surface area (Å²) in [5.41, 5.74) is 2.42. The molecule has 0 amide bonds. The van der Waals surface area contributed by atoms with Crippen LogP contribution in [-0.4, -0.2) is 16.8 Å². The molecule has 0 aliphatic carbocycles. The Kier molecular flexibility index (Phi) is 3.29. The predicted octanol–water partition coefficient (Wildman–Crippen LogP) is 2.82. The molecule has 0 atom stereocenters. The molecule has 84 valence electrons. The molecule has 2 rings (SSSR count). The average molecular weight is 280 g/mol. The largest absolute Gasteiger partial charge is 0.370 e. The van der Waals surface area contributed by atoms with E-state index in [2.05, 4.69) is 57.2 Å². The van der Waals surface area contributed by atoms with Crippen molar-refractivity contribution in [1.82, 2.24) is 9.78 Å². The second kappa shape index (κ2) is 4.70. The minimum absolute atomic E-state index is 0.871. The number of aromatic nitrogens is 2. The Hall–Kier alpha value is -1.29. The first-order chi connectivity index (χ1) is 7.65. The lowest BCUT2D eigenvalue weighted by atomic mass is 10.2. The fourth-order valence-corrected chi connectivity index (χ4v) is 1.88. The van der Waals surface area contributed by atoms with Crippen molar-refractivity contribution in [2.45, 2.75) is 6.54 Å². The van der Waals surface area contributed by atoms with Crippen LogP contribution in [0, 0.1) is 0 Å². The van der Waals surface area contributed by atoms with Crippen molar-refractivity contribution in [3.8, 4) is 0 Å². The van der Waals surface area contributed by atoms with Gasteiger partial charge in [-0.25, -0.2) is 0 Å². The van der Waals surface area contributed by atoms with Gasteiger partial charge in [-0.2, -0.15) is 5.10 Å². The molecule has 0 aliphatic heterocycles. The standard InChI is InChI=1S/C12H14BrN3/c1-15(8-10-7-14-16(2)9-10)12-5-3-11(13)4-6-12/h3-7,9H,8H2,1-2H3. The zero-order valence-corrected chi connectivity index (χ0v) is 11.0. The van der Waals surface area contributed by atoms with Gasteiger partial charge in [-0.15, -0.1) is 0 Å². The number of hydrogen-bond acceptors (Lipinski definition) is 2. The maximum absolute atomic E-state index is 4.16. The SMILES string of the molecule is CN(Cc1cnn(C)c1)c1ccc(Br)cc1. The number of rotatable bonds is 3. The highest BCUT2D eigenvalue weighted by Gasteiger charge is 2.03. The lowest BCUT2D eigenvalue weighted by Crippen LogP contribution is -2.15. The highest BCUT2D eigenvalue weighted by atomic mass is 79.9. The van der Waals surface area contributed by atoms with Gasteiger partial charge in [-0.05, 0) is 24.3 Å². The third kappa shape index (κ3) is 2.64. The summed E-state index contributed by atoms with van der Waals surface area (Å²) in [4.78, 5) is 2.20. The first kappa shape index (κ1) is 11.2. The lowest BCUT2D eigenvalue weighted by molar-refractivity contribution is 0.766. The van der Waals surface area contributed by atoms with Crippen LogP contribution in [0.25, 0.3) is 0 Å². The number of nitrogens with zero attached hydrogens (tertiary/aromatic N) is 3. The summed E-state index contributed by atoms with van der Waals surface area (Å²) in [6, 6.07) is 8.30. The van der Waals surface area contributed by atoms with Crippen molar-refractivity contribution in [1.29, 1.82) is 0 Å². The van der Waals surface area contributed by atoms with Crippen LogP contribution < -0.4 is 4.90 Å². The van der Waals surface area contributed by atoms with Crippen molar-refractivity contribution >= 4 is 21.6 Å². The van der Waals surface area contributed by atoms with Gasteiger partial charge in [0.05, 0.1) is 6.20 Å². The molecule has 1 heterocycles. The maximum Gasteiger partial charge on any atom is 0.0539 e. The molecule has 0 saturated carbocycles. The smallest absolute Gasteiger partial charge is 0.0539 e. The van der Waals surface area contributed by atoms with Gasteiger partial charge in [0.15, 0.2) is 0 Å². The van der Waals surface area contributed by atoms with Crippen molar-refractivity contribution < 1.29 is 0 Å². The van der Waals surface area contributed by atoms with E-state index >= 15 is 0 Å². The van der Waals surface area contributed by atoms with Crippen molar-refractivity contribution in [2.24, 2.45) is 7.05 Å². The molecule has 0 fully saturated rings. The summed E-state index contributed by atoms with van der Waals surface area (Å²) in [6.45, 7) is 0.871. The Morgan fingerprint density at radius 3 is 2.56 bits per heavy atom. The van der Waals surface area contributed by atoms with E-state index in [1.54, 1.807) is 0 Å². The fraction of sp³-hybridized carbons (Fsp3) is 0.250. The Balaban J connectivity index is 2.08. The maximum atomic E-state index is 4.16. The summed E-state index contributed by atoms with van der Waals surface area (Å²) in [6.07, 6.45) is 3.94. The summed E-state index contributed by atoms with van der Waals surface area (Å²) < 4.78 is 2.93. The Labute approximate surface area is 104 Å². The first-order valence-electron chi connectivity index (χ1n) is 5.09. The van der Waals surface area contributed by atoms with E-state index in [1.807, 2.05) is 24.1 Å². The van der Waals surface area contributed by atoms with Gasteiger partial charge < -0.3 is 4.90 Å². The summed E-state index contributed by atoms with van der Waals surface area (Å²) in [5.74, 6) is 0. The zero-order chi connectivity index (χ0) is 11.5. The molecule has 16 heavy (non-hydrogen) atoms. The normalized spacial score (nSPS) is 10.4. The van der Waals surface area contributed by atoms with E-state index in [0.717, 1.165) is 11.0 Å². The van der Waals surface area contributed by atoms with Crippen LogP contribution in [0.2, 0.25) is 0 Å². The Morgan fingerprint density at radius 2 is 2.00 bits per heavy atom. The van der Waals surface area contributed by atoms with Crippen LogP contribution in [0.4, 0.5) is 5.69 Å². The molecule has 0 spiro atoms. The molecule has 0 N–H and O–H groups in total. The van der Waals surface area contributed by atoms with Crippen LogP contribution in [0.15, 0.2) is 41.1 Å². The second-order valence-electron chi connectivity index (χ2n) is 3.85. The molecule has 0 unspecified atom stereocenters. The van der Waals surface area contributed by atoms with Gasteiger partial charge in [-0.3, -0.25) is 4.68 Å².